The molecule has 7 N–H and O–H groups in total. The van der Waals surface area contributed by atoms with Gasteiger partial charge in [-0.3, -0.25) is 24.1 Å². The van der Waals surface area contributed by atoms with Gasteiger partial charge in [0.05, 0.1) is 19.1 Å². The summed E-state index contributed by atoms with van der Waals surface area (Å²) in [6, 6.07) is 39.2. The lowest BCUT2D eigenvalue weighted by molar-refractivity contribution is 0.0696. The van der Waals surface area contributed by atoms with Crippen LogP contribution in [-0.2, 0) is 19.5 Å². The van der Waals surface area contributed by atoms with Crippen LogP contribution in [0.25, 0.3) is 44.5 Å². The van der Waals surface area contributed by atoms with Gasteiger partial charge in [-0.25, -0.2) is 37.9 Å². The number of pyridine rings is 3. The SMILES string of the molecule is C.C.Cc1cc(-c2ccc(CCC(=O)c3ccc(-c4cncnc4)cc3)cc2F)ccn1.Cc1cc(-c2ccc(CN)cc2F)ccn1.Cc1cc(B(O)O)ccn1.NCc1ccc(Cl)c(F)c1.O=C(O)c1ccc(-c2cncnc2)cc1.[2H]CF. The Kier molecular flexibility index (Phi) is 29.2. The molecule has 10 aromatic rings. The van der Waals surface area contributed by atoms with E-state index in [2.05, 4.69) is 34.9 Å². The molecule has 5 aromatic heterocycles. The standard InChI is InChI=1S/C25H20FN3O.C13H13FN2.C11H8N2O2.C7H7ClFN.C6H8BNO2.CH3F.2CH4/c1-17-12-21(10-11-29-17)23-8-2-18(13-24(23)26)3-9-25(30)20-6-4-19(5-7-20)22-14-27-16-28-15-22;1-9-6-11(4-5-16-9)12-3-2-10(8-15)7-13(12)14;14-11(15)9-3-1-8(2-4-9)10-5-12-7-13-6-10;8-6-2-1-5(4-10)3-7(6)9;1-5-4-6(7(9)10)2-3-8-5;1-2;;/h2,4-8,10-16H,3,9H2,1H3;2-7H,8,15H2,1H3;1-7H,(H,14,15);1-3H,4,10H2;2-4,9-10H,1H3;1H3;2*1H4/i;;;;;1D;;. The van der Waals surface area contributed by atoms with Gasteiger partial charge in [-0.15, -0.1) is 0 Å². The first-order valence-corrected chi connectivity index (χ1v) is 25.7. The normalized spacial score (nSPS) is 10.0. The third kappa shape index (κ3) is 22.5. The molecule has 0 unspecified atom stereocenters. The average molecular weight is 1180 g/mol. The topological polar surface area (TPSA) is 237 Å². The van der Waals surface area contributed by atoms with Crippen molar-refractivity contribution in [3.8, 4) is 44.5 Å². The lowest BCUT2D eigenvalue weighted by atomic mass is 9.81. The molecule has 0 aliphatic heterocycles. The number of nitrogens with zero attached hydrogens (tertiary/aromatic N) is 7. The summed E-state index contributed by atoms with van der Waals surface area (Å²) in [7, 11) is -2.39. The number of carboxylic acids is 1. The number of aryl methyl sites for hydroxylation is 4. The van der Waals surface area contributed by atoms with E-state index in [0.717, 1.165) is 67.2 Å². The molecule has 0 spiro atoms. The van der Waals surface area contributed by atoms with Gasteiger partial charge >= 0.3 is 13.1 Å². The summed E-state index contributed by atoms with van der Waals surface area (Å²) in [5.41, 5.74) is 23.3. The van der Waals surface area contributed by atoms with Crippen LogP contribution >= 0.6 is 11.6 Å². The van der Waals surface area contributed by atoms with Gasteiger partial charge in [0.1, 0.15) is 30.1 Å². The van der Waals surface area contributed by atoms with Crippen LogP contribution in [0.2, 0.25) is 5.02 Å². The van der Waals surface area contributed by atoms with Crippen molar-refractivity contribution in [2.24, 2.45) is 11.5 Å². The van der Waals surface area contributed by atoms with Gasteiger partial charge < -0.3 is 26.6 Å². The van der Waals surface area contributed by atoms with Gasteiger partial charge in [0.2, 0.25) is 0 Å². The molecule has 0 amide bonds. The zero-order chi connectivity index (χ0) is 61.0. The van der Waals surface area contributed by atoms with E-state index in [9.17, 15) is 27.2 Å². The fraction of sp³-hybridized carbons (Fsp3) is 0.154. The summed E-state index contributed by atoms with van der Waals surface area (Å²) in [6.07, 6.45) is 15.5. The highest BCUT2D eigenvalue weighted by Crippen LogP contribution is 2.26. The van der Waals surface area contributed by atoms with Crippen molar-refractivity contribution in [3.05, 3.63) is 263 Å². The molecule has 0 bridgehead atoms. The van der Waals surface area contributed by atoms with Crippen molar-refractivity contribution in [3.63, 3.8) is 0 Å². The van der Waals surface area contributed by atoms with E-state index < -0.39 is 26.1 Å². The second-order valence-corrected chi connectivity index (χ2v) is 18.3. The first kappa shape index (κ1) is 68.3. The Balaban J connectivity index is 0.000000296. The Hall–Kier alpha value is -9.24. The van der Waals surface area contributed by atoms with Crippen LogP contribution in [0.1, 0.15) is 77.1 Å². The van der Waals surface area contributed by atoms with Gasteiger partial charge in [0, 0.05) is 108 Å². The number of carbonyl (C=O) groups excluding carboxylic acids is 1. The molecule has 5 aromatic carbocycles. The summed E-state index contributed by atoms with van der Waals surface area (Å²) >= 11 is 5.42. The van der Waals surface area contributed by atoms with Gasteiger partial charge in [-0.05, 0) is 144 Å². The lowest BCUT2D eigenvalue weighted by Crippen LogP contribution is -2.29. The van der Waals surface area contributed by atoms with Crippen LogP contribution in [-0.4, -0.2) is 76.1 Å². The molecule has 0 saturated carbocycles. The fourth-order valence-electron chi connectivity index (χ4n) is 7.64. The van der Waals surface area contributed by atoms with Crippen molar-refractivity contribution in [1.82, 2.24) is 34.9 Å². The van der Waals surface area contributed by atoms with Crippen LogP contribution < -0.4 is 16.9 Å². The largest absolute Gasteiger partial charge is 0.488 e. The maximum Gasteiger partial charge on any atom is 0.488 e. The summed E-state index contributed by atoms with van der Waals surface area (Å²) in [6.45, 7) is 6.25. The third-order valence-corrected chi connectivity index (χ3v) is 12.2. The molecule has 0 atom stereocenters. The van der Waals surface area contributed by atoms with Crippen LogP contribution in [0, 0.1) is 38.2 Å². The molecule has 440 valence electrons. The first-order chi connectivity index (χ1) is 40.4. The predicted molar refractivity (Wildman–Crippen MR) is 330 cm³/mol. The van der Waals surface area contributed by atoms with E-state index in [-0.39, 0.29) is 42.9 Å². The number of hydrogen-bond donors (Lipinski definition) is 5. The highest BCUT2D eigenvalue weighted by Gasteiger charge is 2.12. The number of carbonyl (C=O) groups is 2. The number of halogens is 5. The second kappa shape index (κ2) is 36.4. The molecule has 0 fully saturated rings. The van der Waals surface area contributed by atoms with E-state index in [1.165, 1.54) is 36.9 Å². The van der Waals surface area contributed by atoms with Gasteiger partial charge in [-0.2, -0.15) is 0 Å². The van der Waals surface area contributed by atoms with Crippen molar-refractivity contribution in [2.75, 3.05) is 7.15 Å². The Morgan fingerprint density at radius 1 is 0.529 bits per heavy atom. The fourth-order valence-corrected chi connectivity index (χ4v) is 7.76. The summed E-state index contributed by atoms with van der Waals surface area (Å²) in [5, 5.41) is 26.2. The molecule has 10 rings (SSSR count). The molecule has 0 saturated heterocycles. The summed E-state index contributed by atoms with van der Waals surface area (Å²) in [5.74, 6) is -1.84. The van der Waals surface area contributed by atoms with Crippen LogP contribution in [0.3, 0.4) is 0 Å². The molecule has 14 nitrogen and oxygen atoms in total. The first-order valence-electron chi connectivity index (χ1n) is 26.0. The van der Waals surface area contributed by atoms with Crippen molar-refractivity contribution < 1.29 is 43.7 Å². The minimum atomic E-state index is -1.39. The van der Waals surface area contributed by atoms with Crippen LogP contribution in [0.4, 0.5) is 17.6 Å². The van der Waals surface area contributed by atoms with Gasteiger partial charge in [0.25, 0.3) is 0 Å². The number of aromatic nitrogens is 7. The highest BCUT2D eigenvalue weighted by molar-refractivity contribution is 6.58. The minimum absolute atomic E-state index is 0. The van der Waals surface area contributed by atoms with Crippen molar-refractivity contribution >= 4 is 35.9 Å². The monoisotopic (exact) mass is 1180 g/mol. The molecule has 0 radical (unpaired) electrons. The van der Waals surface area contributed by atoms with E-state index in [1.54, 1.807) is 129 Å². The number of hydrogen-bond acceptors (Lipinski definition) is 13. The van der Waals surface area contributed by atoms with E-state index >= 15 is 0 Å². The minimum Gasteiger partial charge on any atom is -0.478 e. The van der Waals surface area contributed by atoms with Crippen LogP contribution in [0.15, 0.2) is 196 Å². The summed E-state index contributed by atoms with van der Waals surface area (Å²) < 4.78 is 56.5. The Morgan fingerprint density at radius 3 is 1.32 bits per heavy atom. The molecule has 5 heterocycles. The Morgan fingerprint density at radius 2 is 0.929 bits per heavy atom. The van der Waals surface area contributed by atoms with Crippen LogP contribution in [0.5, 0.6) is 0 Å². The van der Waals surface area contributed by atoms with E-state index in [4.69, 9.17) is 39.6 Å². The maximum atomic E-state index is 14.6. The maximum absolute atomic E-state index is 14.6. The van der Waals surface area contributed by atoms with Gasteiger partial charge in [-0.1, -0.05) is 93.2 Å². The molecule has 0 aliphatic carbocycles. The van der Waals surface area contributed by atoms with Gasteiger partial charge in [0.15, 0.2) is 5.78 Å². The molecule has 20 heteroatoms. The molecular formula is C65H67BClF4N9O5. The number of carboxylic acid groups (broad SMARTS) is 1. The number of nitrogens with two attached hydrogens (primary N) is 2. The molecular weight excluding hydrogens is 1110 g/mol. The number of rotatable bonds is 12. The number of benzene rings is 5. The van der Waals surface area contributed by atoms with E-state index in [0.29, 0.717) is 48.1 Å². The highest BCUT2D eigenvalue weighted by atomic mass is 35.5. The predicted octanol–water partition coefficient (Wildman–Crippen LogP) is 12.8. The third-order valence-electron chi connectivity index (χ3n) is 11.9. The average Bonchev–Trinajstić information content (AvgIpc) is 3.68. The van der Waals surface area contributed by atoms with E-state index in [1.807, 2.05) is 50.2 Å². The number of aromatic carboxylic acids is 1. The van der Waals surface area contributed by atoms with Crippen molar-refractivity contribution in [2.45, 2.75) is 61.6 Å². The zero-order valence-corrected chi connectivity index (χ0v) is 46.2. The number of alkyl halides is 1. The molecule has 85 heavy (non-hydrogen) atoms. The number of ketones is 1. The summed E-state index contributed by atoms with van der Waals surface area (Å²) in [4.78, 5) is 51.1. The van der Waals surface area contributed by atoms with Crippen molar-refractivity contribution in [1.29, 1.82) is 0 Å². The quantitative estimate of drug-likeness (QED) is 0.0435. The smallest absolute Gasteiger partial charge is 0.478 e. The Bertz CT molecular complexity index is 3680. The second-order valence-electron chi connectivity index (χ2n) is 17.9. The lowest BCUT2D eigenvalue weighted by Gasteiger charge is -2.08. The zero-order valence-electron chi connectivity index (χ0n) is 46.4. The Labute approximate surface area is 500 Å². The molecule has 0 aliphatic rings. The number of Topliss-reactive ketones (excluding diaryl/α,β-unsaturated/α-hetero) is 1.